The van der Waals surface area contributed by atoms with E-state index in [4.69, 9.17) is 5.26 Å². The van der Waals surface area contributed by atoms with Crippen molar-refractivity contribution in [3.05, 3.63) is 21.9 Å². The highest BCUT2D eigenvalue weighted by Gasteiger charge is 2.12. The molecule has 1 unspecified atom stereocenters. The highest BCUT2D eigenvalue weighted by Crippen LogP contribution is 2.15. The molecule has 1 atom stereocenters. The fraction of sp³-hybridized carbons (Fsp3) is 0.500. The molecule has 0 bridgehead atoms. The van der Waals surface area contributed by atoms with Gasteiger partial charge in [0.05, 0.1) is 10.9 Å². The van der Waals surface area contributed by atoms with Gasteiger partial charge >= 0.3 is 0 Å². The van der Waals surface area contributed by atoms with Gasteiger partial charge in [-0.3, -0.25) is 9.59 Å². The van der Waals surface area contributed by atoms with Crippen LogP contribution in [0, 0.1) is 24.2 Å². The first-order chi connectivity index (χ1) is 9.54. The Bertz CT molecular complexity index is 505. The lowest BCUT2D eigenvalue weighted by atomic mass is 10.0. The number of nitriles is 1. The number of nitrogens with one attached hydrogen (secondary N) is 2. The standard InChI is InChI=1S/C14H19N3O2S/c1-10(9-12(18)16-7-5-15)3-6-17-14(19)13-11(2)4-8-20-13/h4,8,10H,3,6-7,9H2,1-2H3,(H,16,18)(H,17,19). The third kappa shape index (κ3) is 5.41. The highest BCUT2D eigenvalue weighted by atomic mass is 32.1. The molecule has 2 N–H and O–H groups in total. The maximum Gasteiger partial charge on any atom is 0.261 e. The molecule has 0 saturated heterocycles. The molecule has 2 amide bonds. The molecule has 20 heavy (non-hydrogen) atoms. The van der Waals surface area contributed by atoms with Gasteiger partial charge in [0, 0.05) is 13.0 Å². The van der Waals surface area contributed by atoms with Gasteiger partial charge in [0.15, 0.2) is 0 Å². The van der Waals surface area contributed by atoms with Crippen molar-refractivity contribution in [1.29, 1.82) is 5.26 Å². The predicted octanol–water partition coefficient (Wildman–Crippen LogP) is 1.84. The molecule has 0 aromatic carbocycles. The molecule has 1 rings (SSSR count). The van der Waals surface area contributed by atoms with Crippen molar-refractivity contribution in [1.82, 2.24) is 10.6 Å². The second-order valence-electron chi connectivity index (χ2n) is 4.72. The molecule has 0 aliphatic carbocycles. The van der Waals surface area contributed by atoms with Crippen LogP contribution < -0.4 is 10.6 Å². The van der Waals surface area contributed by atoms with Crippen LogP contribution in [-0.2, 0) is 4.79 Å². The lowest BCUT2D eigenvalue weighted by Crippen LogP contribution is -2.28. The number of aryl methyl sites for hydroxylation is 1. The van der Waals surface area contributed by atoms with Crippen molar-refractivity contribution in [2.24, 2.45) is 5.92 Å². The van der Waals surface area contributed by atoms with Gasteiger partial charge in [-0.2, -0.15) is 5.26 Å². The minimum Gasteiger partial charge on any atom is -0.351 e. The molecule has 1 aromatic rings. The normalized spacial score (nSPS) is 11.4. The highest BCUT2D eigenvalue weighted by molar-refractivity contribution is 7.12. The summed E-state index contributed by atoms with van der Waals surface area (Å²) in [5, 5.41) is 15.6. The summed E-state index contributed by atoms with van der Waals surface area (Å²) < 4.78 is 0. The predicted molar refractivity (Wildman–Crippen MR) is 78.4 cm³/mol. The van der Waals surface area contributed by atoms with Crippen LogP contribution in [-0.4, -0.2) is 24.9 Å². The van der Waals surface area contributed by atoms with E-state index in [9.17, 15) is 9.59 Å². The van der Waals surface area contributed by atoms with Crippen LogP contribution in [0.25, 0.3) is 0 Å². The number of carbonyl (C=O) groups is 2. The Morgan fingerprint density at radius 1 is 1.45 bits per heavy atom. The minimum absolute atomic E-state index is 0.0416. The molecule has 1 aromatic heterocycles. The average molecular weight is 293 g/mol. The van der Waals surface area contributed by atoms with E-state index in [1.807, 2.05) is 31.4 Å². The summed E-state index contributed by atoms with van der Waals surface area (Å²) in [6, 6.07) is 3.78. The van der Waals surface area contributed by atoms with Crippen molar-refractivity contribution >= 4 is 23.2 Å². The molecule has 0 saturated carbocycles. The number of amides is 2. The number of thiophene rings is 1. The molecule has 6 heteroatoms. The summed E-state index contributed by atoms with van der Waals surface area (Å²) in [5.41, 5.74) is 0.983. The van der Waals surface area contributed by atoms with E-state index < -0.39 is 0 Å². The third-order valence-corrected chi connectivity index (χ3v) is 3.90. The van der Waals surface area contributed by atoms with Gasteiger partial charge in [-0.1, -0.05) is 6.92 Å². The average Bonchev–Trinajstić information content (AvgIpc) is 2.82. The smallest absolute Gasteiger partial charge is 0.261 e. The first-order valence-corrected chi connectivity index (χ1v) is 7.38. The van der Waals surface area contributed by atoms with E-state index >= 15 is 0 Å². The van der Waals surface area contributed by atoms with Gasteiger partial charge in [0.2, 0.25) is 5.91 Å². The Kier molecular flexibility index (Phi) is 6.74. The van der Waals surface area contributed by atoms with Crippen molar-refractivity contribution in [3.8, 4) is 6.07 Å². The molecular weight excluding hydrogens is 274 g/mol. The van der Waals surface area contributed by atoms with Gasteiger partial charge in [-0.15, -0.1) is 11.3 Å². The Morgan fingerprint density at radius 3 is 2.80 bits per heavy atom. The maximum absolute atomic E-state index is 11.9. The maximum atomic E-state index is 11.9. The van der Waals surface area contributed by atoms with Gasteiger partial charge in [0.1, 0.15) is 6.54 Å². The quantitative estimate of drug-likeness (QED) is 0.753. The fourth-order valence-corrected chi connectivity index (χ4v) is 2.59. The van der Waals surface area contributed by atoms with E-state index in [-0.39, 0.29) is 24.3 Å². The molecule has 5 nitrogen and oxygen atoms in total. The molecule has 0 spiro atoms. The monoisotopic (exact) mass is 293 g/mol. The molecule has 0 aliphatic heterocycles. The van der Waals surface area contributed by atoms with Crippen LogP contribution in [0.2, 0.25) is 0 Å². The van der Waals surface area contributed by atoms with Crippen molar-refractivity contribution in [2.45, 2.75) is 26.7 Å². The molecular formula is C14H19N3O2S. The van der Waals surface area contributed by atoms with Crippen LogP contribution >= 0.6 is 11.3 Å². The van der Waals surface area contributed by atoms with Crippen LogP contribution in [0.1, 0.15) is 35.0 Å². The molecule has 108 valence electrons. The van der Waals surface area contributed by atoms with Gasteiger partial charge in [-0.05, 0) is 36.3 Å². The second kappa shape index (κ2) is 8.33. The molecule has 0 fully saturated rings. The lowest BCUT2D eigenvalue weighted by molar-refractivity contribution is -0.121. The van der Waals surface area contributed by atoms with Crippen molar-refractivity contribution in [3.63, 3.8) is 0 Å². The number of rotatable bonds is 7. The van der Waals surface area contributed by atoms with Crippen LogP contribution in [0.5, 0.6) is 0 Å². The van der Waals surface area contributed by atoms with Crippen LogP contribution in [0.4, 0.5) is 0 Å². The fourth-order valence-electron chi connectivity index (χ4n) is 1.75. The van der Waals surface area contributed by atoms with E-state index in [1.165, 1.54) is 11.3 Å². The topological polar surface area (TPSA) is 82.0 Å². The third-order valence-electron chi connectivity index (χ3n) is 2.89. The Labute approximate surface area is 123 Å². The number of hydrogen-bond donors (Lipinski definition) is 2. The second-order valence-corrected chi connectivity index (χ2v) is 5.64. The van der Waals surface area contributed by atoms with Gasteiger partial charge in [-0.25, -0.2) is 0 Å². The van der Waals surface area contributed by atoms with Crippen molar-refractivity contribution < 1.29 is 9.59 Å². The zero-order valence-corrected chi connectivity index (χ0v) is 12.5. The van der Waals surface area contributed by atoms with Crippen LogP contribution in [0.15, 0.2) is 11.4 Å². The summed E-state index contributed by atoms with van der Waals surface area (Å²) in [6.07, 6.45) is 1.10. The number of carbonyl (C=O) groups excluding carboxylic acids is 2. The number of nitrogens with zero attached hydrogens (tertiary/aromatic N) is 1. The lowest BCUT2D eigenvalue weighted by Gasteiger charge is -2.11. The zero-order valence-electron chi connectivity index (χ0n) is 11.7. The molecule has 0 radical (unpaired) electrons. The Morgan fingerprint density at radius 2 is 2.20 bits per heavy atom. The van der Waals surface area contributed by atoms with Gasteiger partial charge in [0.25, 0.3) is 5.91 Å². The largest absolute Gasteiger partial charge is 0.351 e. The van der Waals surface area contributed by atoms with Crippen LogP contribution in [0.3, 0.4) is 0 Å². The Hall–Kier alpha value is -1.87. The number of hydrogen-bond acceptors (Lipinski definition) is 4. The Balaban J connectivity index is 2.24. The molecule has 0 aliphatic rings. The van der Waals surface area contributed by atoms with E-state index in [0.717, 1.165) is 16.9 Å². The van der Waals surface area contributed by atoms with E-state index in [1.54, 1.807) is 0 Å². The summed E-state index contributed by atoms with van der Waals surface area (Å²) in [7, 11) is 0. The SMILES string of the molecule is Cc1ccsc1C(=O)NCCC(C)CC(=O)NCC#N. The van der Waals surface area contributed by atoms with Gasteiger partial charge < -0.3 is 10.6 Å². The summed E-state index contributed by atoms with van der Waals surface area (Å²) in [6.45, 7) is 4.45. The first-order valence-electron chi connectivity index (χ1n) is 6.50. The summed E-state index contributed by atoms with van der Waals surface area (Å²) >= 11 is 1.43. The van der Waals surface area contributed by atoms with E-state index in [2.05, 4.69) is 10.6 Å². The summed E-state index contributed by atoms with van der Waals surface area (Å²) in [5.74, 6) is -0.0171. The minimum atomic E-state index is -0.125. The first kappa shape index (κ1) is 16.2. The summed E-state index contributed by atoms with van der Waals surface area (Å²) in [4.78, 5) is 24.0. The molecule has 1 heterocycles. The zero-order chi connectivity index (χ0) is 15.0. The van der Waals surface area contributed by atoms with Crippen molar-refractivity contribution in [2.75, 3.05) is 13.1 Å². The van der Waals surface area contributed by atoms with E-state index in [0.29, 0.717) is 13.0 Å².